The van der Waals surface area contributed by atoms with Crippen molar-refractivity contribution in [2.75, 3.05) is 0 Å². The van der Waals surface area contributed by atoms with Gasteiger partial charge in [0.2, 0.25) is 0 Å². The number of fused-ring (bicyclic) bond motifs is 10. The number of aromatic nitrogens is 4. The molecule has 0 amide bonds. The van der Waals surface area contributed by atoms with Gasteiger partial charge in [0.25, 0.3) is 0 Å². The smallest absolute Gasteiger partial charge is 0.178 e. The maximum atomic E-state index is 6.66. The first-order valence-electron chi connectivity index (χ1n) is 19.0. The second-order valence-corrected chi connectivity index (χ2v) is 14.4. The lowest BCUT2D eigenvalue weighted by Gasteiger charge is -2.08. The average molecular weight is 731 g/mol. The fourth-order valence-electron chi connectivity index (χ4n) is 8.33. The van der Waals surface area contributed by atoms with Gasteiger partial charge in [-0.05, 0) is 77.9 Å². The normalized spacial score (nSPS) is 11.9. The molecule has 0 fully saturated rings. The van der Waals surface area contributed by atoms with Crippen molar-refractivity contribution >= 4 is 65.7 Å². The summed E-state index contributed by atoms with van der Waals surface area (Å²) in [5.41, 5.74) is 11.5. The van der Waals surface area contributed by atoms with Gasteiger partial charge in [-0.3, -0.25) is 0 Å². The molecular formula is C51H30N4O2. The Morgan fingerprint density at radius 1 is 0.316 bits per heavy atom. The van der Waals surface area contributed by atoms with Gasteiger partial charge in [-0.2, -0.15) is 0 Å². The van der Waals surface area contributed by atoms with Crippen LogP contribution in [-0.4, -0.2) is 19.5 Å². The summed E-state index contributed by atoms with van der Waals surface area (Å²) in [6.45, 7) is 0. The number of rotatable bonds is 5. The van der Waals surface area contributed by atoms with Gasteiger partial charge in [0, 0.05) is 54.7 Å². The van der Waals surface area contributed by atoms with E-state index in [1.807, 2.05) is 66.7 Å². The zero-order valence-corrected chi connectivity index (χ0v) is 30.4. The van der Waals surface area contributed by atoms with E-state index in [1.165, 1.54) is 21.8 Å². The molecule has 6 heteroatoms. The lowest BCUT2D eigenvalue weighted by Crippen LogP contribution is -2.00. The van der Waals surface area contributed by atoms with Crippen LogP contribution in [0.2, 0.25) is 0 Å². The van der Waals surface area contributed by atoms with E-state index >= 15 is 0 Å². The Morgan fingerprint density at radius 3 is 1.53 bits per heavy atom. The van der Waals surface area contributed by atoms with E-state index in [-0.39, 0.29) is 0 Å². The van der Waals surface area contributed by atoms with Crippen LogP contribution < -0.4 is 0 Å². The summed E-state index contributed by atoms with van der Waals surface area (Å²) in [6.07, 6.45) is 0. The molecule has 266 valence electrons. The highest BCUT2D eigenvalue weighted by Gasteiger charge is 2.19. The minimum atomic E-state index is 0.578. The SMILES string of the molecule is c1ccc(-c2nc(-c3ccccc3)nc(-c3ccc4c(c3)oc3c4ccc4c5cc(-c6ccc7c(c6)c6ccccc6n7-c6ccccc6)ccc5oc43)n2)cc1. The van der Waals surface area contributed by atoms with Gasteiger partial charge < -0.3 is 13.4 Å². The molecule has 0 unspecified atom stereocenters. The number of benzene rings is 8. The summed E-state index contributed by atoms with van der Waals surface area (Å²) >= 11 is 0. The van der Waals surface area contributed by atoms with Gasteiger partial charge in [-0.1, -0.05) is 115 Å². The van der Waals surface area contributed by atoms with E-state index in [2.05, 4.69) is 120 Å². The van der Waals surface area contributed by atoms with Gasteiger partial charge in [-0.25, -0.2) is 15.0 Å². The summed E-state index contributed by atoms with van der Waals surface area (Å²) in [5.74, 6) is 1.81. The second kappa shape index (κ2) is 12.3. The van der Waals surface area contributed by atoms with Gasteiger partial charge >= 0.3 is 0 Å². The van der Waals surface area contributed by atoms with Crippen molar-refractivity contribution in [3.63, 3.8) is 0 Å². The van der Waals surface area contributed by atoms with Crippen molar-refractivity contribution in [3.05, 3.63) is 182 Å². The molecule has 12 aromatic rings. The summed E-state index contributed by atoms with van der Waals surface area (Å²) in [7, 11) is 0. The molecule has 0 aliphatic heterocycles. The topological polar surface area (TPSA) is 69.9 Å². The Balaban J connectivity index is 0.969. The predicted octanol–water partition coefficient (Wildman–Crippen LogP) is 13.4. The van der Waals surface area contributed by atoms with Crippen LogP contribution in [0, 0.1) is 0 Å². The molecule has 8 aromatic carbocycles. The Hall–Kier alpha value is -7.83. The monoisotopic (exact) mass is 730 g/mol. The molecule has 0 saturated heterocycles. The molecule has 4 heterocycles. The van der Waals surface area contributed by atoms with Crippen LogP contribution in [0.4, 0.5) is 0 Å². The first kappa shape index (κ1) is 31.5. The molecule has 0 N–H and O–H groups in total. The molecule has 12 rings (SSSR count). The zero-order chi connectivity index (χ0) is 37.5. The molecule has 57 heavy (non-hydrogen) atoms. The molecule has 0 radical (unpaired) electrons. The lowest BCUT2D eigenvalue weighted by atomic mass is 10.0. The molecule has 0 bridgehead atoms. The average Bonchev–Trinajstić information content (AvgIpc) is 3.96. The van der Waals surface area contributed by atoms with E-state index < -0.39 is 0 Å². The van der Waals surface area contributed by atoms with Crippen LogP contribution in [0.5, 0.6) is 0 Å². The Labute approximate surface area is 325 Å². The largest absolute Gasteiger partial charge is 0.452 e. The standard InChI is InChI=1S/C51H30N4O2/c1-4-12-31(13-5-1)49-52-50(32-14-6-2-7-15-32)54-51(53-49)35-20-23-38-39-24-25-40-42-29-34(22-27-45(42)56-48(40)47(39)57-46(38)30-35)33-21-26-44-41(28-33)37-18-10-11-19-43(37)55(44)36-16-8-3-9-17-36/h1-30H. The maximum Gasteiger partial charge on any atom is 0.178 e. The predicted molar refractivity (Wildman–Crippen MR) is 230 cm³/mol. The van der Waals surface area contributed by atoms with Crippen molar-refractivity contribution < 1.29 is 8.83 Å². The number of nitrogens with zero attached hydrogens (tertiary/aromatic N) is 4. The highest BCUT2D eigenvalue weighted by molar-refractivity contribution is 6.19. The summed E-state index contributed by atoms with van der Waals surface area (Å²) < 4.78 is 15.6. The third kappa shape index (κ3) is 5.01. The molecule has 0 atom stereocenters. The fraction of sp³-hybridized carbons (Fsp3) is 0. The number of hydrogen-bond donors (Lipinski definition) is 0. The second-order valence-electron chi connectivity index (χ2n) is 14.4. The summed E-state index contributed by atoms with van der Waals surface area (Å²) in [6, 6.07) is 62.9. The summed E-state index contributed by atoms with van der Waals surface area (Å²) in [4.78, 5) is 14.7. The van der Waals surface area contributed by atoms with Crippen LogP contribution in [0.3, 0.4) is 0 Å². The number of furan rings is 2. The van der Waals surface area contributed by atoms with Crippen molar-refractivity contribution in [2.45, 2.75) is 0 Å². The molecule has 0 aliphatic carbocycles. The van der Waals surface area contributed by atoms with E-state index in [9.17, 15) is 0 Å². The van der Waals surface area contributed by atoms with Gasteiger partial charge in [0.1, 0.15) is 11.2 Å². The van der Waals surface area contributed by atoms with Crippen molar-refractivity contribution in [2.24, 2.45) is 0 Å². The highest BCUT2D eigenvalue weighted by Crippen LogP contribution is 2.41. The van der Waals surface area contributed by atoms with Crippen molar-refractivity contribution in [3.8, 4) is 51.0 Å². The zero-order valence-electron chi connectivity index (χ0n) is 30.4. The third-order valence-corrected chi connectivity index (χ3v) is 11.1. The Kier molecular flexibility index (Phi) is 6.83. The Morgan fingerprint density at radius 2 is 0.825 bits per heavy atom. The van der Waals surface area contributed by atoms with Crippen LogP contribution in [-0.2, 0) is 0 Å². The highest BCUT2D eigenvalue weighted by atomic mass is 16.4. The van der Waals surface area contributed by atoms with Crippen molar-refractivity contribution in [1.29, 1.82) is 0 Å². The van der Waals surface area contributed by atoms with Gasteiger partial charge in [0.15, 0.2) is 28.6 Å². The van der Waals surface area contributed by atoms with E-state index in [0.29, 0.717) is 17.5 Å². The minimum Gasteiger partial charge on any atom is -0.452 e. The van der Waals surface area contributed by atoms with Crippen molar-refractivity contribution in [1.82, 2.24) is 19.5 Å². The van der Waals surface area contributed by atoms with Gasteiger partial charge in [-0.15, -0.1) is 0 Å². The summed E-state index contributed by atoms with van der Waals surface area (Å²) in [5, 5.41) is 6.50. The van der Waals surface area contributed by atoms with Crippen LogP contribution in [0.25, 0.3) is 117 Å². The van der Waals surface area contributed by atoms with Gasteiger partial charge in [0.05, 0.1) is 11.0 Å². The fourth-order valence-corrected chi connectivity index (χ4v) is 8.33. The Bertz CT molecular complexity index is 3450. The van der Waals surface area contributed by atoms with Crippen LogP contribution >= 0.6 is 0 Å². The van der Waals surface area contributed by atoms with E-state index in [0.717, 1.165) is 77.4 Å². The first-order chi connectivity index (χ1) is 28.2. The molecule has 0 aliphatic rings. The lowest BCUT2D eigenvalue weighted by molar-refractivity contribution is 0.633. The molecule has 0 saturated carbocycles. The quantitative estimate of drug-likeness (QED) is 0.176. The minimum absolute atomic E-state index is 0.578. The molecule has 0 spiro atoms. The number of para-hydroxylation sites is 2. The molecule has 6 nitrogen and oxygen atoms in total. The third-order valence-electron chi connectivity index (χ3n) is 11.1. The number of hydrogen-bond acceptors (Lipinski definition) is 5. The first-order valence-corrected chi connectivity index (χ1v) is 19.0. The van der Waals surface area contributed by atoms with Crippen LogP contribution in [0.1, 0.15) is 0 Å². The van der Waals surface area contributed by atoms with E-state index in [4.69, 9.17) is 23.8 Å². The molecular weight excluding hydrogens is 701 g/mol. The van der Waals surface area contributed by atoms with E-state index in [1.54, 1.807) is 0 Å². The molecule has 4 aromatic heterocycles. The van der Waals surface area contributed by atoms with Crippen LogP contribution in [0.15, 0.2) is 191 Å². The maximum absolute atomic E-state index is 6.66.